The van der Waals surface area contributed by atoms with Gasteiger partial charge in [-0.15, -0.1) is 0 Å². The maximum Gasteiger partial charge on any atom is 0.275 e. The van der Waals surface area contributed by atoms with Crippen LogP contribution in [-0.2, 0) is 4.79 Å². The van der Waals surface area contributed by atoms with Crippen LogP contribution in [0, 0.1) is 0 Å². The van der Waals surface area contributed by atoms with Gasteiger partial charge >= 0.3 is 0 Å². The summed E-state index contributed by atoms with van der Waals surface area (Å²) in [7, 11) is 3.37. The van der Waals surface area contributed by atoms with Gasteiger partial charge in [0.2, 0.25) is 6.17 Å². The summed E-state index contributed by atoms with van der Waals surface area (Å²) >= 11 is 5.08. The number of carbonyl (C=O) groups is 1. The van der Waals surface area contributed by atoms with E-state index in [9.17, 15) is 4.79 Å². The van der Waals surface area contributed by atoms with E-state index < -0.39 is 6.17 Å². The Hall–Kier alpha value is -1.82. The van der Waals surface area contributed by atoms with Crippen molar-refractivity contribution in [3.63, 3.8) is 0 Å². The summed E-state index contributed by atoms with van der Waals surface area (Å²) in [5, 5.41) is 8.53. The van der Waals surface area contributed by atoms with E-state index in [0.29, 0.717) is 10.8 Å². The van der Waals surface area contributed by atoms with Gasteiger partial charge in [-0.2, -0.15) is 10.2 Å². The molecule has 0 aliphatic carbocycles. The zero-order chi connectivity index (χ0) is 12.4. The predicted octanol–water partition coefficient (Wildman–Crippen LogP) is 1.79. The van der Waals surface area contributed by atoms with Crippen LogP contribution in [0.1, 0.15) is 0 Å². The topological polar surface area (TPSA) is 48.3 Å². The third kappa shape index (κ3) is 2.16. The number of azo groups is 1. The van der Waals surface area contributed by atoms with Crippen molar-refractivity contribution in [3.05, 3.63) is 30.3 Å². The van der Waals surface area contributed by atoms with Gasteiger partial charge < -0.3 is 4.90 Å². The SMILES string of the molecule is CN1C(=O)C(N=Nc2ccccc2)N(C)C1=S. The lowest BCUT2D eigenvalue weighted by Crippen LogP contribution is -2.28. The predicted molar refractivity (Wildman–Crippen MR) is 67.9 cm³/mol. The highest BCUT2D eigenvalue weighted by Gasteiger charge is 2.38. The van der Waals surface area contributed by atoms with Crippen molar-refractivity contribution in [2.45, 2.75) is 6.17 Å². The third-order valence-corrected chi connectivity index (χ3v) is 3.11. The smallest absolute Gasteiger partial charge is 0.275 e. The van der Waals surface area contributed by atoms with Gasteiger partial charge in [-0.1, -0.05) is 18.2 Å². The summed E-state index contributed by atoms with van der Waals surface area (Å²) in [6.07, 6.45) is -0.646. The van der Waals surface area contributed by atoms with Gasteiger partial charge in [0.15, 0.2) is 5.11 Å². The number of likely N-dealkylation sites (N-methyl/N-ethyl adjacent to an activating group) is 2. The molecule has 1 heterocycles. The summed E-state index contributed by atoms with van der Waals surface area (Å²) < 4.78 is 0. The number of hydrogen-bond acceptors (Lipinski definition) is 4. The van der Waals surface area contributed by atoms with Crippen molar-refractivity contribution >= 4 is 28.9 Å². The number of rotatable bonds is 2. The number of nitrogens with zero attached hydrogens (tertiary/aromatic N) is 4. The summed E-state index contributed by atoms with van der Waals surface area (Å²) in [5.41, 5.74) is 0.717. The molecule has 2 rings (SSSR count). The fourth-order valence-corrected chi connectivity index (χ4v) is 1.71. The normalized spacial score (nSPS) is 20.7. The van der Waals surface area contributed by atoms with Gasteiger partial charge in [-0.25, -0.2) is 0 Å². The van der Waals surface area contributed by atoms with Crippen molar-refractivity contribution < 1.29 is 4.79 Å². The highest BCUT2D eigenvalue weighted by molar-refractivity contribution is 7.80. The van der Waals surface area contributed by atoms with Crippen LogP contribution in [0.25, 0.3) is 0 Å². The molecule has 17 heavy (non-hydrogen) atoms. The molecule has 1 unspecified atom stereocenters. The molecule has 0 bridgehead atoms. The molecule has 1 atom stereocenters. The van der Waals surface area contributed by atoms with Crippen LogP contribution in [-0.4, -0.2) is 41.1 Å². The van der Waals surface area contributed by atoms with E-state index in [0.717, 1.165) is 0 Å². The van der Waals surface area contributed by atoms with Gasteiger partial charge in [0.05, 0.1) is 5.69 Å². The average Bonchev–Trinajstić information content (AvgIpc) is 2.54. The van der Waals surface area contributed by atoms with E-state index in [-0.39, 0.29) is 5.91 Å². The van der Waals surface area contributed by atoms with Crippen LogP contribution in [0.15, 0.2) is 40.6 Å². The molecular formula is C11H12N4OS. The van der Waals surface area contributed by atoms with E-state index >= 15 is 0 Å². The first kappa shape index (κ1) is 11.7. The van der Waals surface area contributed by atoms with Crippen LogP contribution in [0.4, 0.5) is 5.69 Å². The van der Waals surface area contributed by atoms with Crippen LogP contribution >= 0.6 is 12.2 Å². The molecule has 1 aromatic rings. The second kappa shape index (κ2) is 4.58. The molecule has 1 fully saturated rings. The van der Waals surface area contributed by atoms with Gasteiger partial charge in [0, 0.05) is 14.1 Å². The fourth-order valence-electron chi connectivity index (χ4n) is 1.52. The molecule has 1 aliphatic heterocycles. The van der Waals surface area contributed by atoms with Gasteiger partial charge in [-0.3, -0.25) is 9.69 Å². The molecule has 0 radical (unpaired) electrons. The van der Waals surface area contributed by atoms with Crippen molar-refractivity contribution in [1.29, 1.82) is 0 Å². The highest BCUT2D eigenvalue weighted by atomic mass is 32.1. The number of benzene rings is 1. The van der Waals surface area contributed by atoms with E-state index in [1.807, 2.05) is 30.3 Å². The van der Waals surface area contributed by atoms with Crippen molar-refractivity contribution in [1.82, 2.24) is 9.80 Å². The molecule has 0 N–H and O–H groups in total. The van der Waals surface area contributed by atoms with Crippen molar-refractivity contribution in [2.75, 3.05) is 14.1 Å². The molecule has 0 spiro atoms. The van der Waals surface area contributed by atoms with Gasteiger partial charge in [-0.05, 0) is 24.4 Å². The monoisotopic (exact) mass is 248 g/mol. The molecule has 5 nitrogen and oxygen atoms in total. The van der Waals surface area contributed by atoms with Crippen molar-refractivity contribution in [3.8, 4) is 0 Å². The van der Waals surface area contributed by atoms with Crippen molar-refractivity contribution in [2.24, 2.45) is 10.2 Å². The Balaban J connectivity index is 2.17. The van der Waals surface area contributed by atoms with E-state index in [4.69, 9.17) is 12.2 Å². The molecule has 1 aromatic carbocycles. The second-order valence-corrected chi connectivity index (χ2v) is 4.08. The molecule has 6 heteroatoms. The molecule has 1 aliphatic rings. The summed E-state index contributed by atoms with van der Waals surface area (Å²) in [4.78, 5) is 14.8. The summed E-state index contributed by atoms with van der Waals surface area (Å²) in [6.45, 7) is 0. The van der Waals surface area contributed by atoms with E-state index in [2.05, 4.69) is 10.2 Å². The first-order valence-corrected chi connectivity index (χ1v) is 5.52. The van der Waals surface area contributed by atoms with E-state index in [1.165, 1.54) is 4.90 Å². The Kier molecular flexibility index (Phi) is 3.14. The van der Waals surface area contributed by atoms with Crippen LogP contribution in [0.5, 0.6) is 0 Å². The Morgan fingerprint density at radius 3 is 2.41 bits per heavy atom. The summed E-state index contributed by atoms with van der Waals surface area (Å²) in [5.74, 6) is -0.155. The average molecular weight is 248 g/mol. The lowest BCUT2D eigenvalue weighted by molar-refractivity contribution is -0.127. The van der Waals surface area contributed by atoms with E-state index in [1.54, 1.807) is 19.0 Å². The van der Waals surface area contributed by atoms with Gasteiger partial charge in [0.25, 0.3) is 5.91 Å². The number of thiocarbonyl (C=S) groups is 1. The lowest BCUT2D eigenvalue weighted by atomic mass is 10.3. The van der Waals surface area contributed by atoms with Crippen LogP contribution in [0.2, 0.25) is 0 Å². The number of hydrogen-bond donors (Lipinski definition) is 0. The maximum atomic E-state index is 11.8. The quantitative estimate of drug-likeness (QED) is 0.592. The molecule has 88 valence electrons. The van der Waals surface area contributed by atoms with Crippen LogP contribution in [0.3, 0.4) is 0 Å². The minimum absolute atomic E-state index is 0.155. The molecule has 0 saturated carbocycles. The first-order valence-electron chi connectivity index (χ1n) is 5.11. The third-order valence-electron chi connectivity index (χ3n) is 2.55. The fraction of sp³-hybridized carbons (Fsp3) is 0.273. The number of carbonyl (C=O) groups excluding carboxylic acids is 1. The molecule has 1 amide bonds. The minimum atomic E-state index is -0.646. The molecule has 0 aromatic heterocycles. The molecular weight excluding hydrogens is 236 g/mol. The Morgan fingerprint density at radius 1 is 1.24 bits per heavy atom. The largest absolute Gasteiger partial charge is 0.320 e. The second-order valence-electron chi connectivity index (χ2n) is 3.72. The zero-order valence-corrected chi connectivity index (χ0v) is 10.4. The first-order chi connectivity index (χ1) is 8.11. The standard InChI is InChI=1S/C11H12N4OS/c1-14-9(10(16)15(2)11(14)17)13-12-8-6-4-3-5-7-8/h3-7,9H,1-2H3. The van der Waals surface area contributed by atoms with Gasteiger partial charge in [0.1, 0.15) is 0 Å². The highest BCUT2D eigenvalue weighted by Crippen LogP contribution is 2.18. The van der Waals surface area contributed by atoms with Crippen LogP contribution < -0.4 is 0 Å². The maximum absolute atomic E-state index is 11.8. The summed E-state index contributed by atoms with van der Waals surface area (Å²) in [6, 6.07) is 9.28. The lowest BCUT2D eigenvalue weighted by Gasteiger charge is -2.12. The number of amides is 1. The Bertz CT molecular complexity index is 474. The zero-order valence-electron chi connectivity index (χ0n) is 9.57. The minimum Gasteiger partial charge on any atom is -0.320 e. The molecule has 1 saturated heterocycles. The Morgan fingerprint density at radius 2 is 1.88 bits per heavy atom. The Labute approximate surface area is 105 Å².